The smallest absolute Gasteiger partial charge is 0.303 e. The van der Waals surface area contributed by atoms with E-state index in [4.69, 9.17) is 57.6 Å². The monoisotopic (exact) mass is 719 g/mol. The van der Waals surface area contributed by atoms with Crippen molar-refractivity contribution in [1.82, 2.24) is 0 Å². The minimum Gasteiger partial charge on any atom is -0.463 e. The maximum absolute atomic E-state index is 12.4. The predicted molar refractivity (Wildman–Crippen MR) is 158 cm³/mol. The van der Waals surface area contributed by atoms with Crippen molar-refractivity contribution in [1.29, 1.82) is 0 Å². The van der Waals surface area contributed by atoms with Crippen LogP contribution in [0.2, 0.25) is 0 Å². The maximum atomic E-state index is 12.4. The van der Waals surface area contributed by atoms with E-state index >= 15 is 0 Å². The van der Waals surface area contributed by atoms with Crippen LogP contribution in [0.3, 0.4) is 0 Å². The molecule has 21 heteroatoms. The lowest BCUT2D eigenvalue weighted by atomic mass is 9.96. The van der Waals surface area contributed by atoms with E-state index in [1.54, 1.807) is 0 Å². The van der Waals surface area contributed by atoms with Crippen LogP contribution in [-0.4, -0.2) is 130 Å². The van der Waals surface area contributed by atoms with E-state index < -0.39 is 116 Å². The van der Waals surface area contributed by atoms with Gasteiger partial charge in [-0.05, 0) is 12.0 Å². The molecular weight excluding hydrogens is 678 g/mol. The van der Waals surface area contributed by atoms with E-state index in [1.807, 2.05) is 0 Å². The Morgan fingerprint density at radius 2 is 0.960 bits per heavy atom. The lowest BCUT2D eigenvalue weighted by Crippen LogP contribution is -2.67. The Kier molecular flexibility index (Phi) is 16.8. The van der Waals surface area contributed by atoms with Crippen molar-refractivity contribution in [3.8, 4) is 0 Å². The average Bonchev–Trinajstić information content (AvgIpc) is 2.99. The molecule has 10 atom stereocenters. The van der Waals surface area contributed by atoms with Crippen molar-refractivity contribution in [3.63, 3.8) is 0 Å². The molecule has 0 radical (unpaired) electrons. The molecule has 2 fully saturated rings. The van der Waals surface area contributed by atoms with Gasteiger partial charge < -0.3 is 52.1 Å². The molecule has 2 rings (SSSR count). The predicted octanol–water partition coefficient (Wildman–Crippen LogP) is 0.323. The van der Waals surface area contributed by atoms with Crippen molar-refractivity contribution in [3.05, 3.63) is 10.4 Å². The van der Waals surface area contributed by atoms with Gasteiger partial charge in [0.25, 0.3) is 0 Å². The summed E-state index contributed by atoms with van der Waals surface area (Å²) in [5.41, 5.74) is 8.55. The molecular formula is C29H41N3O18. The zero-order valence-corrected chi connectivity index (χ0v) is 28.5. The first kappa shape index (κ1) is 41.6. The number of hydrogen-bond donors (Lipinski definition) is 0. The van der Waals surface area contributed by atoms with Gasteiger partial charge in [-0.25, -0.2) is 0 Å². The summed E-state index contributed by atoms with van der Waals surface area (Å²) in [5.74, 6) is -5.96. The first-order valence-corrected chi connectivity index (χ1v) is 15.3. The maximum Gasteiger partial charge on any atom is 0.303 e. The Bertz CT molecular complexity index is 1290. The Labute approximate surface area is 285 Å². The number of rotatable bonds is 16. The summed E-state index contributed by atoms with van der Waals surface area (Å²) in [5, 5.41) is 3.41. The molecule has 0 aromatic carbocycles. The highest BCUT2D eigenvalue weighted by Crippen LogP contribution is 2.35. The van der Waals surface area contributed by atoms with E-state index in [1.165, 1.54) is 0 Å². The molecule has 2 aliphatic rings. The summed E-state index contributed by atoms with van der Waals surface area (Å²) in [6.45, 7) is 6.20. The molecule has 0 bridgehead atoms. The molecule has 21 nitrogen and oxygen atoms in total. The highest BCUT2D eigenvalue weighted by Gasteiger charge is 2.57. The summed E-state index contributed by atoms with van der Waals surface area (Å²) in [7, 11) is 0. The number of nitrogens with zero attached hydrogens (tertiary/aromatic N) is 3. The van der Waals surface area contributed by atoms with Crippen LogP contribution in [0.15, 0.2) is 5.11 Å². The molecule has 0 aliphatic carbocycles. The van der Waals surface area contributed by atoms with Crippen LogP contribution in [0, 0.1) is 0 Å². The molecule has 0 N–H and O–H groups in total. The third-order valence-corrected chi connectivity index (χ3v) is 6.63. The molecule has 0 spiro atoms. The summed E-state index contributed by atoms with van der Waals surface area (Å²) in [4.78, 5) is 87.6. The average molecular weight is 720 g/mol. The van der Waals surface area contributed by atoms with E-state index in [0.29, 0.717) is 0 Å². The number of esters is 7. The van der Waals surface area contributed by atoms with Crippen LogP contribution in [0.4, 0.5) is 0 Å². The lowest BCUT2D eigenvalue weighted by molar-refractivity contribution is -0.361. The molecule has 50 heavy (non-hydrogen) atoms. The van der Waals surface area contributed by atoms with Crippen molar-refractivity contribution in [2.45, 2.75) is 116 Å². The van der Waals surface area contributed by atoms with Gasteiger partial charge in [-0.15, -0.1) is 0 Å². The number of ether oxygens (including phenoxy) is 11. The normalized spacial score (nSPS) is 28.9. The highest BCUT2D eigenvalue weighted by atomic mass is 16.8. The SMILES string of the molecule is CC(=O)OCC1O[C@@H](O[C@H]2C(OC(C)=O)C(OC(C)=O)[C@H](OCCCN=[N+]=[N-])O[C@H]2COC(C)=O)C(OC(C)=O)[C@@H](OC(C)=O)[C@H]1OC(C)=O. The second-order valence-electron chi connectivity index (χ2n) is 10.8. The number of carbonyl (C=O) groups is 7. The van der Waals surface area contributed by atoms with E-state index in [0.717, 1.165) is 48.5 Å². The molecule has 0 aromatic rings. The summed E-state index contributed by atoms with van der Waals surface area (Å²) in [6.07, 6.45) is -15.4. The van der Waals surface area contributed by atoms with Gasteiger partial charge in [-0.1, -0.05) is 5.11 Å². The topological polar surface area (TPSA) is 270 Å². The van der Waals surface area contributed by atoms with Crippen LogP contribution < -0.4 is 0 Å². The molecule has 0 aromatic heterocycles. The fourth-order valence-electron chi connectivity index (χ4n) is 4.99. The van der Waals surface area contributed by atoms with Crippen molar-refractivity contribution >= 4 is 41.8 Å². The highest BCUT2D eigenvalue weighted by molar-refractivity contribution is 5.69. The van der Waals surface area contributed by atoms with Gasteiger partial charge >= 0.3 is 41.8 Å². The van der Waals surface area contributed by atoms with Crippen LogP contribution in [0.5, 0.6) is 0 Å². The van der Waals surface area contributed by atoms with E-state index in [-0.39, 0.29) is 19.6 Å². The molecule has 2 saturated heterocycles. The quantitative estimate of drug-likeness (QED) is 0.0519. The molecule has 4 unspecified atom stereocenters. The van der Waals surface area contributed by atoms with Gasteiger partial charge in [0.15, 0.2) is 43.1 Å². The first-order valence-electron chi connectivity index (χ1n) is 15.3. The van der Waals surface area contributed by atoms with Crippen LogP contribution >= 0.6 is 0 Å². The number of azide groups is 1. The summed E-state index contributed by atoms with van der Waals surface area (Å²) >= 11 is 0. The third kappa shape index (κ3) is 13.4. The van der Waals surface area contributed by atoms with Gasteiger partial charge in [0, 0.05) is 59.9 Å². The fraction of sp³-hybridized carbons (Fsp3) is 0.759. The van der Waals surface area contributed by atoms with Crippen LogP contribution in [-0.2, 0) is 85.7 Å². The number of carbonyl (C=O) groups excluding carboxylic acids is 7. The molecule has 2 heterocycles. The van der Waals surface area contributed by atoms with Crippen LogP contribution in [0.25, 0.3) is 10.4 Å². The molecule has 280 valence electrons. The standard InChI is InChI=1S/C29H41N3O18/c1-13(33)41-11-20-22(43-15(3)35)24(44-16(4)36)27(47-19(7)39)29(49-20)50-23-21(12-42-14(2)34)48-28(40-10-8-9-31-32-30)26(46-18(6)38)25(23)45-17(5)37/h20-29H,8-12H2,1-7H3/t20?,21-,22-,23+,24-,25?,26?,27?,28+,29-/m0/s1. The number of hydrogen-bond acceptors (Lipinski definition) is 19. The van der Waals surface area contributed by atoms with Crippen molar-refractivity contribution in [2.24, 2.45) is 5.11 Å². The van der Waals surface area contributed by atoms with Gasteiger partial charge in [0.05, 0.1) is 6.61 Å². The van der Waals surface area contributed by atoms with Crippen molar-refractivity contribution < 1.29 is 85.7 Å². The molecule has 0 amide bonds. The van der Waals surface area contributed by atoms with Gasteiger partial charge in [-0.2, -0.15) is 0 Å². The van der Waals surface area contributed by atoms with Gasteiger partial charge in [-0.3, -0.25) is 33.6 Å². The Morgan fingerprint density at radius 3 is 1.42 bits per heavy atom. The zero-order chi connectivity index (χ0) is 37.5. The Morgan fingerprint density at radius 1 is 0.560 bits per heavy atom. The summed E-state index contributed by atoms with van der Waals surface area (Å²) < 4.78 is 61.6. The fourth-order valence-corrected chi connectivity index (χ4v) is 4.99. The Balaban J connectivity index is 2.69. The third-order valence-electron chi connectivity index (χ3n) is 6.63. The molecule has 0 saturated carbocycles. The lowest BCUT2D eigenvalue weighted by Gasteiger charge is -2.48. The van der Waals surface area contributed by atoms with E-state index in [9.17, 15) is 33.6 Å². The van der Waals surface area contributed by atoms with Crippen molar-refractivity contribution in [2.75, 3.05) is 26.4 Å². The minimum atomic E-state index is -1.80. The summed E-state index contributed by atoms with van der Waals surface area (Å²) in [6, 6.07) is 0. The van der Waals surface area contributed by atoms with Gasteiger partial charge in [0.1, 0.15) is 31.5 Å². The van der Waals surface area contributed by atoms with Crippen LogP contribution in [0.1, 0.15) is 54.9 Å². The second-order valence-corrected chi connectivity index (χ2v) is 10.8. The zero-order valence-electron chi connectivity index (χ0n) is 28.5. The molecule has 2 aliphatic heterocycles. The minimum absolute atomic E-state index is 0.0420. The Hall–Kier alpha value is -4.56. The van der Waals surface area contributed by atoms with Gasteiger partial charge in [0.2, 0.25) is 0 Å². The largest absolute Gasteiger partial charge is 0.463 e. The van der Waals surface area contributed by atoms with E-state index in [2.05, 4.69) is 10.0 Å². The first-order chi connectivity index (χ1) is 23.5. The second kappa shape index (κ2) is 20.2.